The fraction of sp³-hybridized carbons (Fsp3) is 0.459. The second kappa shape index (κ2) is 13.9. The van der Waals surface area contributed by atoms with E-state index in [1.807, 2.05) is 6.92 Å². The molecule has 3 aromatic rings. The summed E-state index contributed by atoms with van der Waals surface area (Å²) in [6.07, 6.45) is 15.2. The minimum atomic E-state index is -1.03. The first-order valence-corrected chi connectivity index (χ1v) is 15.7. The van der Waals surface area contributed by atoms with Crippen molar-refractivity contribution in [2.75, 3.05) is 6.61 Å². The normalized spacial score (nSPS) is 22.9. The van der Waals surface area contributed by atoms with Crippen LogP contribution in [0.15, 0.2) is 60.7 Å². The molecule has 2 aliphatic carbocycles. The van der Waals surface area contributed by atoms with Gasteiger partial charge in [0.25, 0.3) is 0 Å². The van der Waals surface area contributed by atoms with Crippen molar-refractivity contribution in [1.82, 2.24) is 0 Å². The first-order chi connectivity index (χ1) is 20.4. The third-order valence-electron chi connectivity index (χ3n) is 9.58. The van der Waals surface area contributed by atoms with Crippen molar-refractivity contribution in [2.45, 2.75) is 84.0 Å². The fourth-order valence-corrected chi connectivity index (χ4v) is 7.11. The number of hydrogen-bond acceptors (Lipinski definition) is 1. The first kappa shape index (κ1) is 30.4. The zero-order valence-corrected chi connectivity index (χ0v) is 24.8. The van der Waals surface area contributed by atoms with Crippen LogP contribution in [0.1, 0.15) is 89.5 Å². The maximum absolute atomic E-state index is 15.4. The minimum absolute atomic E-state index is 0.0401. The highest BCUT2D eigenvalue weighted by Gasteiger charge is 2.32. The Hall–Kier alpha value is -3.08. The van der Waals surface area contributed by atoms with Crippen LogP contribution in [0.4, 0.5) is 17.6 Å². The van der Waals surface area contributed by atoms with Crippen LogP contribution in [0.5, 0.6) is 5.75 Å². The van der Waals surface area contributed by atoms with Gasteiger partial charge in [0.15, 0.2) is 23.2 Å². The molecule has 2 fully saturated rings. The Morgan fingerprint density at radius 3 is 1.79 bits per heavy atom. The summed E-state index contributed by atoms with van der Waals surface area (Å²) in [6, 6.07) is 12.7. The van der Waals surface area contributed by atoms with Crippen LogP contribution < -0.4 is 4.74 Å². The van der Waals surface area contributed by atoms with E-state index in [9.17, 15) is 8.78 Å². The van der Waals surface area contributed by atoms with E-state index in [0.717, 1.165) is 50.4 Å². The number of benzene rings is 3. The van der Waals surface area contributed by atoms with Crippen molar-refractivity contribution >= 4 is 0 Å². The lowest BCUT2D eigenvalue weighted by Crippen LogP contribution is -2.25. The largest absolute Gasteiger partial charge is 0.490 e. The predicted molar refractivity (Wildman–Crippen MR) is 163 cm³/mol. The van der Waals surface area contributed by atoms with Gasteiger partial charge in [-0.1, -0.05) is 61.9 Å². The number of halogens is 4. The summed E-state index contributed by atoms with van der Waals surface area (Å²) < 4.78 is 65.5. The SMILES string of the molecule is C/C=C/C1CCC(C2CCC(c3ccc(-c4ccc(-c5ccc(OCCCC)c(F)c5F)cc4)c(F)c3F)CC2)CC1. The summed E-state index contributed by atoms with van der Waals surface area (Å²) in [7, 11) is 0. The molecule has 2 aliphatic rings. The molecular weight excluding hydrogens is 536 g/mol. The Labute approximate surface area is 248 Å². The Kier molecular flexibility index (Phi) is 10.1. The summed E-state index contributed by atoms with van der Waals surface area (Å²) >= 11 is 0. The summed E-state index contributed by atoms with van der Waals surface area (Å²) in [5, 5.41) is 0. The van der Waals surface area contributed by atoms with E-state index >= 15 is 8.78 Å². The molecular formula is C37H42F4O. The molecule has 0 aliphatic heterocycles. The van der Waals surface area contributed by atoms with Crippen LogP contribution in [0.3, 0.4) is 0 Å². The molecule has 0 N–H and O–H groups in total. The monoisotopic (exact) mass is 578 g/mol. The Balaban J connectivity index is 1.24. The maximum atomic E-state index is 15.4. The summed E-state index contributed by atoms with van der Waals surface area (Å²) in [5.74, 6) is -1.52. The van der Waals surface area contributed by atoms with E-state index in [1.165, 1.54) is 37.8 Å². The molecule has 224 valence electrons. The van der Waals surface area contributed by atoms with Crippen LogP contribution >= 0.6 is 0 Å². The molecule has 5 heteroatoms. The maximum Gasteiger partial charge on any atom is 0.201 e. The van der Waals surface area contributed by atoms with Crippen molar-refractivity contribution in [2.24, 2.45) is 17.8 Å². The third kappa shape index (κ3) is 6.61. The first-order valence-electron chi connectivity index (χ1n) is 15.7. The quantitative estimate of drug-likeness (QED) is 0.139. The van der Waals surface area contributed by atoms with Gasteiger partial charge in [-0.25, -0.2) is 13.2 Å². The molecule has 0 saturated heterocycles. The highest BCUT2D eigenvalue weighted by Crippen LogP contribution is 2.45. The standard InChI is InChI=1S/C37H42F4O/c1-3-5-23-42-33-22-21-32(36(40)37(33)41)29-17-15-28(16-18-29)31-20-19-30(34(38)35(31)39)27-13-11-26(12-14-27)25-9-7-24(6-4-2)8-10-25/h4,6,15-22,24-27H,3,5,7-14,23H2,1-2H3/b6-4+. The summed E-state index contributed by atoms with van der Waals surface area (Å²) in [5.41, 5.74) is 1.66. The molecule has 1 nitrogen and oxygen atoms in total. The molecule has 2 saturated carbocycles. The van der Waals surface area contributed by atoms with Gasteiger partial charge in [-0.05, 0) is 117 Å². The highest BCUT2D eigenvalue weighted by molar-refractivity contribution is 5.72. The van der Waals surface area contributed by atoms with Gasteiger partial charge < -0.3 is 4.74 Å². The Morgan fingerprint density at radius 2 is 1.21 bits per heavy atom. The Morgan fingerprint density at radius 1 is 0.667 bits per heavy atom. The molecule has 0 spiro atoms. The van der Waals surface area contributed by atoms with Gasteiger partial charge >= 0.3 is 0 Å². The van der Waals surface area contributed by atoms with Gasteiger partial charge in [0.05, 0.1) is 6.61 Å². The van der Waals surface area contributed by atoms with Crippen molar-refractivity contribution in [1.29, 1.82) is 0 Å². The van der Waals surface area contributed by atoms with Crippen LogP contribution in [-0.4, -0.2) is 6.61 Å². The molecule has 0 aromatic heterocycles. The van der Waals surface area contributed by atoms with Gasteiger partial charge in [-0.3, -0.25) is 0 Å². The van der Waals surface area contributed by atoms with Gasteiger partial charge in [0.2, 0.25) is 5.82 Å². The van der Waals surface area contributed by atoms with Crippen molar-refractivity contribution < 1.29 is 22.3 Å². The van der Waals surface area contributed by atoms with Crippen LogP contribution in [0.2, 0.25) is 0 Å². The molecule has 0 bridgehead atoms. The van der Waals surface area contributed by atoms with Crippen molar-refractivity contribution in [3.05, 3.63) is 89.5 Å². The number of allylic oxidation sites excluding steroid dienone is 2. The van der Waals surface area contributed by atoms with Gasteiger partial charge in [-0.2, -0.15) is 4.39 Å². The van der Waals surface area contributed by atoms with E-state index in [0.29, 0.717) is 29.2 Å². The lowest BCUT2D eigenvalue weighted by Gasteiger charge is -2.37. The van der Waals surface area contributed by atoms with Crippen LogP contribution in [-0.2, 0) is 0 Å². The van der Waals surface area contributed by atoms with Crippen LogP contribution in [0.25, 0.3) is 22.3 Å². The third-order valence-corrected chi connectivity index (χ3v) is 9.58. The molecule has 0 radical (unpaired) electrons. The van der Waals surface area contributed by atoms with E-state index < -0.39 is 23.3 Å². The average molecular weight is 579 g/mol. The van der Waals surface area contributed by atoms with Gasteiger partial charge in [0.1, 0.15) is 0 Å². The molecule has 0 unspecified atom stereocenters. The summed E-state index contributed by atoms with van der Waals surface area (Å²) in [4.78, 5) is 0. The van der Waals surface area contributed by atoms with E-state index in [1.54, 1.807) is 36.4 Å². The topological polar surface area (TPSA) is 9.23 Å². The van der Waals surface area contributed by atoms with Crippen molar-refractivity contribution in [3.63, 3.8) is 0 Å². The number of rotatable bonds is 9. The Bertz CT molecular complexity index is 1360. The van der Waals surface area contributed by atoms with E-state index in [2.05, 4.69) is 19.1 Å². The fourth-order valence-electron chi connectivity index (χ4n) is 7.11. The molecule has 5 rings (SSSR count). The second-order valence-corrected chi connectivity index (χ2v) is 12.2. The van der Waals surface area contributed by atoms with Gasteiger partial charge in [0, 0.05) is 11.1 Å². The predicted octanol–water partition coefficient (Wildman–Crippen LogP) is 11.4. The van der Waals surface area contributed by atoms with Gasteiger partial charge in [-0.15, -0.1) is 0 Å². The highest BCUT2D eigenvalue weighted by atomic mass is 19.2. The van der Waals surface area contributed by atoms with Crippen molar-refractivity contribution in [3.8, 4) is 28.0 Å². The average Bonchev–Trinajstić information content (AvgIpc) is 3.02. The zero-order valence-electron chi connectivity index (χ0n) is 24.8. The zero-order chi connectivity index (χ0) is 29.6. The second-order valence-electron chi connectivity index (χ2n) is 12.2. The summed E-state index contributed by atoms with van der Waals surface area (Å²) in [6.45, 7) is 4.40. The van der Waals surface area contributed by atoms with E-state index in [-0.39, 0.29) is 22.8 Å². The molecule has 3 aromatic carbocycles. The minimum Gasteiger partial charge on any atom is -0.490 e. The molecule has 0 amide bonds. The lowest BCUT2D eigenvalue weighted by molar-refractivity contribution is 0.170. The molecule has 0 atom stereocenters. The van der Waals surface area contributed by atoms with Crippen LogP contribution in [0, 0.1) is 41.0 Å². The molecule has 0 heterocycles. The molecule has 42 heavy (non-hydrogen) atoms. The number of hydrogen-bond donors (Lipinski definition) is 0. The van der Waals surface area contributed by atoms with E-state index in [4.69, 9.17) is 4.74 Å². The smallest absolute Gasteiger partial charge is 0.201 e. The lowest BCUT2D eigenvalue weighted by atomic mass is 9.68. The number of unbranched alkanes of at least 4 members (excludes halogenated alkanes) is 1. The number of ether oxygens (including phenoxy) is 1.